The topological polar surface area (TPSA) is 71.6 Å². The third-order valence-corrected chi connectivity index (χ3v) is 4.98. The molecule has 0 aromatic carbocycles. The first kappa shape index (κ1) is 15.6. The summed E-state index contributed by atoms with van der Waals surface area (Å²) in [6.45, 7) is 1.95. The summed E-state index contributed by atoms with van der Waals surface area (Å²) >= 11 is 1.43. The zero-order valence-electron chi connectivity index (χ0n) is 13.4. The molecule has 4 heterocycles. The fraction of sp³-hybridized carbons (Fsp3) is 0.235. The second-order valence-corrected chi connectivity index (χ2v) is 6.50. The maximum atomic E-state index is 12.6. The lowest BCUT2D eigenvalue weighted by atomic mass is 10.2. The summed E-state index contributed by atoms with van der Waals surface area (Å²) in [5.74, 6) is 0.0936. The van der Waals surface area contributed by atoms with Crippen LogP contribution in [-0.2, 0) is 0 Å². The van der Waals surface area contributed by atoms with Crippen molar-refractivity contribution >= 4 is 23.2 Å². The molecule has 0 unspecified atom stereocenters. The van der Waals surface area contributed by atoms with Crippen molar-refractivity contribution in [3.8, 4) is 5.13 Å². The highest BCUT2D eigenvalue weighted by Crippen LogP contribution is 2.17. The van der Waals surface area contributed by atoms with E-state index in [1.165, 1.54) is 17.6 Å². The van der Waals surface area contributed by atoms with E-state index in [2.05, 4.69) is 4.98 Å². The van der Waals surface area contributed by atoms with Crippen molar-refractivity contribution < 1.29 is 14.0 Å². The van der Waals surface area contributed by atoms with E-state index >= 15 is 0 Å². The maximum absolute atomic E-state index is 12.6. The fourth-order valence-corrected chi connectivity index (χ4v) is 3.54. The van der Waals surface area contributed by atoms with E-state index in [1.807, 2.05) is 29.1 Å². The summed E-state index contributed by atoms with van der Waals surface area (Å²) in [6.07, 6.45) is 5.27. The Labute approximate surface area is 148 Å². The lowest BCUT2D eigenvalue weighted by Crippen LogP contribution is -2.50. The van der Waals surface area contributed by atoms with E-state index in [1.54, 1.807) is 27.3 Å². The number of furan rings is 1. The average Bonchev–Trinajstić information content (AvgIpc) is 3.42. The first-order valence-corrected chi connectivity index (χ1v) is 8.81. The molecular weight excluding hydrogens is 340 g/mol. The summed E-state index contributed by atoms with van der Waals surface area (Å²) in [7, 11) is 0. The molecular formula is C17H16N4O3S. The monoisotopic (exact) mass is 356 g/mol. The molecule has 4 rings (SSSR count). The van der Waals surface area contributed by atoms with E-state index in [0.717, 1.165) is 5.13 Å². The number of nitrogens with zero attached hydrogens (tertiary/aromatic N) is 4. The highest BCUT2D eigenvalue weighted by atomic mass is 32.1. The number of aromatic nitrogens is 2. The number of carbonyl (C=O) groups excluding carboxylic acids is 2. The van der Waals surface area contributed by atoms with Gasteiger partial charge in [-0.2, -0.15) is 0 Å². The minimum absolute atomic E-state index is 0.0975. The van der Waals surface area contributed by atoms with E-state index in [9.17, 15) is 9.59 Å². The Morgan fingerprint density at radius 2 is 1.68 bits per heavy atom. The Hall–Kier alpha value is -2.87. The van der Waals surface area contributed by atoms with Crippen LogP contribution in [0.15, 0.2) is 52.7 Å². The van der Waals surface area contributed by atoms with Gasteiger partial charge in [0, 0.05) is 44.0 Å². The van der Waals surface area contributed by atoms with Crippen LogP contribution in [-0.4, -0.2) is 57.3 Å². The number of hydrogen-bond donors (Lipinski definition) is 0. The van der Waals surface area contributed by atoms with Gasteiger partial charge in [-0.3, -0.25) is 9.59 Å². The number of thiazole rings is 1. The highest BCUT2D eigenvalue weighted by Gasteiger charge is 2.27. The molecule has 1 aliphatic heterocycles. The molecule has 0 spiro atoms. The minimum Gasteiger partial charge on any atom is -0.459 e. The van der Waals surface area contributed by atoms with Gasteiger partial charge in [0.25, 0.3) is 11.8 Å². The molecule has 0 radical (unpaired) electrons. The third-order valence-electron chi connectivity index (χ3n) is 4.12. The van der Waals surface area contributed by atoms with Crippen LogP contribution in [0.3, 0.4) is 0 Å². The Kier molecular flexibility index (Phi) is 4.10. The van der Waals surface area contributed by atoms with Crippen molar-refractivity contribution in [1.29, 1.82) is 0 Å². The number of hydrogen-bond acceptors (Lipinski definition) is 5. The van der Waals surface area contributed by atoms with Crippen LogP contribution in [0.4, 0.5) is 0 Å². The maximum Gasteiger partial charge on any atom is 0.289 e. The van der Waals surface area contributed by atoms with Crippen molar-refractivity contribution in [3.05, 3.63) is 59.8 Å². The summed E-state index contributed by atoms with van der Waals surface area (Å²) in [5, 5.41) is 2.54. The SMILES string of the molecule is O=C(c1csc(-n2cccc2)n1)N1CCN(C(=O)c2ccco2)CC1. The van der Waals surface area contributed by atoms with Crippen molar-refractivity contribution in [2.45, 2.75) is 0 Å². The van der Waals surface area contributed by atoms with Gasteiger partial charge < -0.3 is 18.8 Å². The van der Waals surface area contributed by atoms with Gasteiger partial charge in [-0.05, 0) is 24.3 Å². The van der Waals surface area contributed by atoms with Gasteiger partial charge in [-0.25, -0.2) is 4.98 Å². The van der Waals surface area contributed by atoms with Gasteiger partial charge in [-0.1, -0.05) is 0 Å². The fourth-order valence-electron chi connectivity index (χ4n) is 2.77. The molecule has 0 N–H and O–H groups in total. The predicted molar refractivity (Wildman–Crippen MR) is 92.0 cm³/mol. The van der Waals surface area contributed by atoms with Gasteiger partial charge in [0.15, 0.2) is 10.9 Å². The first-order valence-electron chi connectivity index (χ1n) is 7.93. The quantitative estimate of drug-likeness (QED) is 0.721. The van der Waals surface area contributed by atoms with Crippen molar-refractivity contribution in [2.24, 2.45) is 0 Å². The molecule has 0 aliphatic carbocycles. The van der Waals surface area contributed by atoms with E-state index in [0.29, 0.717) is 37.6 Å². The lowest BCUT2D eigenvalue weighted by Gasteiger charge is -2.33. The van der Waals surface area contributed by atoms with E-state index in [4.69, 9.17) is 4.42 Å². The van der Waals surface area contributed by atoms with Gasteiger partial charge in [-0.15, -0.1) is 11.3 Å². The molecule has 25 heavy (non-hydrogen) atoms. The molecule has 3 aromatic heterocycles. The van der Waals surface area contributed by atoms with Crippen LogP contribution in [0.2, 0.25) is 0 Å². The standard InChI is InChI=1S/C17H16N4O3S/c22-15(13-12-25-17(18-13)21-5-1-2-6-21)19-7-9-20(10-8-19)16(23)14-4-3-11-24-14/h1-6,11-12H,7-10H2. The predicted octanol–water partition coefficient (Wildman–Crippen LogP) is 2.12. The molecule has 0 bridgehead atoms. The van der Waals surface area contributed by atoms with Crippen LogP contribution in [0.5, 0.6) is 0 Å². The molecule has 0 atom stereocenters. The van der Waals surface area contributed by atoms with Gasteiger partial charge in [0.05, 0.1) is 6.26 Å². The highest BCUT2D eigenvalue weighted by molar-refractivity contribution is 7.12. The smallest absolute Gasteiger partial charge is 0.289 e. The molecule has 2 amide bonds. The normalized spacial score (nSPS) is 14.7. The van der Waals surface area contributed by atoms with Crippen molar-refractivity contribution in [2.75, 3.05) is 26.2 Å². The molecule has 1 aliphatic rings. The van der Waals surface area contributed by atoms with Crippen LogP contribution in [0.1, 0.15) is 21.0 Å². The second-order valence-electron chi connectivity index (χ2n) is 5.67. The molecule has 1 saturated heterocycles. The summed E-state index contributed by atoms with van der Waals surface area (Å²) < 4.78 is 7.02. The molecule has 128 valence electrons. The number of amides is 2. The molecule has 0 saturated carbocycles. The van der Waals surface area contributed by atoms with Crippen molar-refractivity contribution in [1.82, 2.24) is 19.4 Å². The van der Waals surface area contributed by atoms with Crippen LogP contribution in [0.25, 0.3) is 5.13 Å². The van der Waals surface area contributed by atoms with E-state index in [-0.39, 0.29) is 11.8 Å². The number of carbonyl (C=O) groups is 2. The van der Waals surface area contributed by atoms with Gasteiger partial charge in [0.2, 0.25) is 0 Å². The van der Waals surface area contributed by atoms with Gasteiger partial charge in [0.1, 0.15) is 5.69 Å². The van der Waals surface area contributed by atoms with Crippen molar-refractivity contribution in [3.63, 3.8) is 0 Å². The number of rotatable bonds is 3. The largest absolute Gasteiger partial charge is 0.459 e. The summed E-state index contributed by atoms with van der Waals surface area (Å²) in [4.78, 5) is 32.7. The molecule has 7 nitrogen and oxygen atoms in total. The van der Waals surface area contributed by atoms with Crippen LogP contribution in [0, 0.1) is 0 Å². The van der Waals surface area contributed by atoms with Crippen LogP contribution < -0.4 is 0 Å². The summed E-state index contributed by atoms with van der Waals surface area (Å²) in [6, 6.07) is 7.17. The Morgan fingerprint density at radius 3 is 2.32 bits per heavy atom. The Balaban J connectivity index is 1.39. The van der Waals surface area contributed by atoms with E-state index < -0.39 is 0 Å². The first-order chi connectivity index (χ1) is 12.2. The Bertz CT molecular complexity index is 862. The average molecular weight is 356 g/mol. The van der Waals surface area contributed by atoms with Crippen LogP contribution >= 0.6 is 11.3 Å². The summed E-state index contributed by atoms with van der Waals surface area (Å²) in [5.41, 5.74) is 0.444. The number of piperazine rings is 1. The zero-order valence-corrected chi connectivity index (χ0v) is 14.2. The second kappa shape index (κ2) is 6.56. The third kappa shape index (κ3) is 3.08. The Morgan fingerprint density at radius 1 is 1.00 bits per heavy atom. The zero-order chi connectivity index (χ0) is 17.2. The molecule has 3 aromatic rings. The lowest BCUT2D eigenvalue weighted by molar-refractivity contribution is 0.0515. The van der Waals surface area contributed by atoms with Gasteiger partial charge >= 0.3 is 0 Å². The molecule has 1 fully saturated rings. The minimum atomic E-state index is -0.138. The molecule has 8 heteroatoms.